The van der Waals surface area contributed by atoms with Crippen molar-refractivity contribution in [2.75, 3.05) is 5.75 Å². The van der Waals surface area contributed by atoms with Gasteiger partial charge in [0.15, 0.2) is 0 Å². The first-order chi connectivity index (χ1) is 11.1. The molecule has 0 aromatic rings. The molecule has 0 saturated carbocycles. The fourth-order valence-electron chi connectivity index (χ4n) is 2.53. The van der Waals surface area contributed by atoms with Gasteiger partial charge >= 0.3 is 5.77 Å². The zero-order chi connectivity index (χ0) is 17.2. The minimum atomic E-state index is -3.15. The lowest BCUT2D eigenvalue weighted by atomic mass is 10.1. The molecule has 0 fully saturated rings. The van der Waals surface area contributed by atoms with Crippen molar-refractivity contribution < 1.29 is 9.46 Å². The van der Waals surface area contributed by atoms with Crippen molar-refractivity contribution in [3.8, 4) is 0 Å². The minimum Gasteiger partial charge on any atom is -0.329 e. The van der Waals surface area contributed by atoms with E-state index in [1.807, 2.05) is 0 Å². The predicted octanol–water partition coefficient (Wildman–Crippen LogP) is 7.79. The standard InChI is InChI=1S/C18H37O2PS2/c1-2-3-4-5-6-7-8-9-10-11-12-13-14-15-16-17-18-23-21(19,20)22/h9-10H,2-8,11-18H2,1H3,(H2,19,20,22)/b10-9-. The Kier molecular flexibility index (Phi) is 17.9. The monoisotopic (exact) mass is 380 g/mol. The van der Waals surface area contributed by atoms with Crippen LogP contribution in [0.5, 0.6) is 0 Å². The molecule has 0 aliphatic rings. The molecule has 2 nitrogen and oxygen atoms in total. The van der Waals surface area contributed by atoms with Gasteiger partial charge in [0.05, 0.1) is 0 Å². The fraction of sp³-hybridized carbons (Fsp3) is 0.889. The van der Waals surface area contributed by atoms with E-state index in [0.29, 0.717) is 0 Å². The Balaban J connectivity index is 3.12. The van der Waals surface area contributed by atoms with E-state index in [-0.39, 0.29) is 0 Å². The van der Waals surface area contributed by atoms with E-state index in [1.165, 1.54) is 77.0 Å². The molecule has 0 aliphatic heterocycles. The molecule has 0 rings (SSSR count). The van der Waals surface area contributed by atoms with Gasteiger partial charge in [-0.3, -0.25) is 4.57 Å². The highest BCUT2D eigenvalue weighted by Crippen LogP contribution is 2.58. The molecule has 1 unspecified atom stereocenters. The van der Waals surface area contributed by atoms with E-state index < -0.39 is 5.77 Å². The molecule has 5 heteroatoms. The molecule has 23 heavy (non-hydrogen) atoms. The van der Waals surface area contributed by atoms with Crippen molar-refractivity contribution in [3.05, 3.63) is 12.2 Å². The summed E-state index contributed by atoms with van der Waals surface area (Å²) in [6.07, 6.45) is 22.8. The largest absolute Gasteiger partial charge is 0.329 e. The molecule has 0 amide bonds. The molecule has 0 aliphatic carbocycles. The predicted molar refractivity (Wildman–Crippen MR) is 111 cm³/mol. The summed E-state index contributed by atoms with van der Waals surface area (Å²) in [4.78, 5) is 9.02. The third kappa shape index (κ3) is 22.6. The Bertz CT molecular complexity index is 316. The molecule has 1 N–H and O–H groups in total. The van der Waals surface area contributed by atoms with Crippen LogP contribution in [0.1, 0.15) is 96.8 Å². The average Bonchev–Trinajstić information content (AvgIpc) is 2.49. The van der Waals surface area contributed by atoms with Gasteiger partial charge in [-0.2, -0.15) is 0 Å². The Hall–Kier alpha value is 0.630. The smallest absolute Gasteiger partial charge is 0.307 e. The third-order valence-corrected chi connectivity index (χ3v) is 7.32. The maximum absolute atomic E-state index is 11.0. The molecule has 0 spiro atoms. The van der Waals surface area contributed by atoms with Crippen LogP contribution < -0.4 is 0 Å². The van der Waals surface area contributed by atoms with Crippen LogP contribution in [0.15, 0.2) is 12.2 Å². The zero-order valence-corrected chi connectivity index (χ0v) is 17.5. The van der Waals surface area contributed by atoms with Crippen LogP contribution in [0.2, 0.25) is 0 Å². The van der Waals surface area contributed by atoms with Crippen LogP contribution in [-0.2, 0) is 4.57 Å². The number of hydrogen-bond acceptors (Lipinski definition) is 2. The van der Waals surface area contributed by atoms with Crippen LogP contribution in [0.25, 0.3) is 0 Å². The summed E-state index contributed by atoms with van der Waals surface area (Å²) >= 11 is 4.74. The van der Waals surface area contributed by atoms with Crippen LogP contribution in [0.3, 0.4) is 0 Å². The van der Waals surface area contributed by atoms with E-state index in [2.05, 4.69) is 31.3 Å². The van der Waals surface area contributed by atoms with Crippen LogP contribution in [-0.4, -0.2) is 10.6 Å². The summed E-state index contributed by atoms with van der Waals surface area (Å²) in [6, 6.07) is 0. The molecule has 0 radical (unpaired) electrons. The van der Waals surface area contributed by atoms with Crippen LogP contribution in [0, 0.1) is 0 Å². The summed E-state index contributed by atoms with van der Waals surface area (Å²) in [5.41, 5.74) is 0. The van der Waals surface area contributed by atoms with E-state index in [9.17, 15) is 4.57 Å². The van der Waals surface area contributed by atoms with E-state index in [4.69, 9.17) is 4.89 Å². The van der Waals surface area contributed by atoms with E-state index >= 15 is 0 Å². The van der Waals surface area contributed by atoms with Gasteiger partial charge in [0.2, 0.25) is 0 Å². The zero-order valence-electron chi connectivity index (χ0n) is 14.9. The van der Waals surface area contributed by atoms with Crippen molar-refractivity contribution in [1.82, 2.24) is 0 Å². The highest BCUT2D eigenvalue weighted by Gasteiger charge is 2.10. The van der Waals surface area contributed by atoms with Crippen molar-refractivity contribution in [2.24, 2.45) is 0 Å². The summed E-state index contributed by atoms with van der Waals surface area (Å²) in [7, 11) is 0. The first-order valence-corrected chi connectivity index (χ1v) is 13.8. The SMILES string of the molecule is CCCCCCCC/C=C\CCCCCCCCSP(=O)(O)S. The number of rotatable bonds is 17. The van der Waals surface area contributed by atoms with Crippen molar-refractivity contribution in [1.29, 1.82) is 0 Å². The molecule has 1 atom stereocenters. The van der Waals surface area contributed by atoms with Gasteiger partial charge in [0, 0.05) is 5.75 Å². The molecule has 138 valence electrons. The van der Waals surface area contributed by atoms with Gasteiger partial charge in [-0.05, 0) is 32.1 Å². The number of allylic oxidation sites excluding steroid dienone is 2. The second-order valence-corrected chi connectivity index (χ2v) is 12.6. The van der Waals surface area contributed by atoms with Crippen molar-refractivity contribution in [2.45, 2.75) is 96.8 Å². The maximum atomic E-state index is 11.0. The highest BCUT2D eigenvalue weighted by atomic mass is 33.1. The first-order valence-electron chi connectivity index (χ1n) is 9.41. The number of hydrogen-bond donors (Lipinski definition) is 2. The molecule has 0 bridgehead atoms. The Morgan fingerprint density at radius 3 is 1.74 bits per heavy atom. The number of thiol groups is 1. The molecular weight excluding hydrogens is 343 g/mol. The maximum Gasteiger partial charge on any atom is 0.307 e. The van der Waals surface area contributed by atoms with E-state index in [0.717, 1.165) is 30.0 Å². The summed E-state index contributed by atoms with van der Waals surface area (Å²) in [5, 5.41) is 0. The molecule has 0 aromatic carbocycles. The third-order valence-electron chi connectivity index (χ3n) is 3.92. The van der Waals surface area contributed by atoms with Gasteiger partial charge in [-0.1, -0.05) is 100 Å². The average molecular weight is 381 g/mol. The lowest BCUT2D eigenvalue weighted by Gasteiger charge is -2.03. The number of unbranched alkanes of at least 4 members (excludes halogenated alkanes) is 12. The van der Waals surface area contributed by atoms with Gasteiger partial charge in [-0.15, -0.1) is 0 Å². The van der Waals surface area contributed by atoms with Crippen molar-refractivity contribution >= 4 is 29.4 Å². The van der Waals surface area contributed by atoms with Crippen LogP contribution >= 0.6 is 29.4 Å². The van der Waals surface area contributed by atoms with Crippen molar-refractivity contribution in [3.63, 3.8) is 0 Å². The topological polar surface area (TPSA) is 37.3 Å². The van der Waals surface area contributed by atoms with E-state index in [1.54, 1.807) is 0 Å². The fourth-order valence-corrected chi connectivity index (χ4v) is 4.94. The van der Waals surface area contributed by atoms with Gasteiger partial charge < -0.3 is 4.89 Å². The second-order valence-electron chi connectivity index (χ2n) is 6.26. The normalized spacial score (nSPS) is 14.4. The lowest BCUT2D eigenvalue weighted by molar-refractivity contribution is 0.514. The lowest BCUT2D eigenvalue weighted by Crippen LogP contribution is -1.82. The van der Waals surface area contributed by atoms with Gasteiger partial charge in [0.1, 0.15) is 0 Å². The van der Waals surface area contributed by atoms with Gasteiger partial charge in [-0.25, -0.2) is 0 Å². The van der Waals surface area contributed by atoms with Crippen LogP contribution in [0.4, 0.5) is 0 Å². The first kappa shape index (κ1) is 23.6. The molecule has 0 heterocycles. The molecule has 0 aromatic heterocycles. The summed E-state index contributed by atoms with van der Waals surface area (Å²) in [5.74, 6) is -2.40. The Labute approximate surface area is 153 Å². The van der Waals surface area contributed by atoms with Gasteiger partial charge in [0.25, 0.3) is 0 Å². The Morgan fingerprint density at radius 2 is 1.26 bits per heavy atom. The Morgan fingerprint density at radius 1 is 0.826 bits per heavy atom. The highest BCUT2D eigenvalue weighted by molar-refractivity contribution is 8.84. The summed E-state index contributed by atoms with van der Waals surface area (Å²) < 4.78 is 11.0. The summed E-state index contributed by atoms with van der Waals surface area (Å²) in [6.45, 7) is 2.26. The molecular formula is C18H37O2PS2. The second kappa shape index (κ2) is 17.5. The minimum absolute atomic E-state index is 0.748. The quantitative estimate of drug-likeness (QED) is 0.117. The molecule has 0 saturated heterocycles.